The van der Waals surface area contributed by atoms with Crippen LogP contribution in [0.1, 0.15) is 50.2 Å². The molecule has 1 fully saturated rings. The van der Waals surface area contributed by atoms with Gasteiger partial charge >= 0.3 is 0 Å². The van der Waals surface area contributed by atoms with E-state index in [1.807, 2.05) is 6.07 Å². The van der Waals surface area contributed by atoms with Gasteiger partial charge in [-0.15, -0.1) is 0 Å². The Bertz CT molecular complexity index is 490. The SMILES string of the molecule is CCCC1CCCN(Cc2cc(F)cc(C(N)=S)c2)CC1. The van der Waals surface area contributed by atoms with Crippen molar-refractivity contribution in [3.63, 3.8) is 0 Å². The highest BCUT2D eigenvalue weighted by Crippen LogP contribution is 2.23. The highest BCUT2D eigenvalue weighted by Gasteiger charge is 2.17. The Morgan fingerprint density at radius 2 is 2.14 bits per heavy atom. The van der Waals surface area contributed by atoms with Crippen LogP contribution in [0.3, 0.4) is 0 Å². The molecule has 1 heterocycles. The smallest absolute Gasteiger partial charge is 0.124 e. The first-order valence-electron chi connectivity index (χ1n) is 7.90. The third-order valence-corrected chi connectivity index (χ3v) is 4.52. The molecule has 4 heteroatoms. The summed E-state index contributed by atoms with van der Waals surface area (Å²) in [5.74, 6) is 0.605. The molecule has 0 aromatic heterocycles. The summed E-state index contributed by atoms with van der Waals surface area (Å²) in [6.45, 7) is 5.24. The van der Waals surface area contributed by atoms with Crippen LogP contribution < -0.4 is 5.73 Å². The van der Waals surface area contributed by atoms with E-state index in [1.54, 1.807) is 6.07 Å². The standard InChI is InChI=1S/C17H25FN2S/c1-2-4-13-5-3-7-20(8-6-13)12-14-9-15(17(19)21)11-16(18)10-14/h9-11,13H,2-8,12H2,1H3,(H2,19,21). The van der Waals surface area contributed by atoms with Crippen LogP contribution in [0.5, 0.6) is 0 Å². The van der Waals surface area contributed by atoms with Crippen molar-refractivity contribution in [2.24, 2.45) is 11.7 Å². The molecule has 116 valence electrons. The zero-order chi connectivity index (χ0) is 15.2. The van der Waals surface area contributed by atoms with Crippen LogP contribution in [0.4, 0.5) is 4.39 Å². The van der Waals surface area contributed by atoms with E-state index in [9.17, 15) is 4.39 Å². The van der Waals surface area contributed by atoms with Gasteiger partial charge in [0.05, 0.1) is 0 Å². The fourth-order valence-corrected chi connectivity index (χ4v) is 3.34. The van der Waals surface area contributed by atoms with Crippen molar-refractivity contribution in [2.75, 3.05) is 13.1 Å². The molecule has 0 radical (unpaired) electrons. The first-order valence-corrected chi connectivity index (χ1v) is 8.31. The van der Waals surface area contributed by atoms with Gasteiger partial charge in [0.25, 0.3) is 0 Å². The molecule has 1 unspecified atom stereocenters. The molecule has 1 aromatic rings. The lowest BCUT2D eigenvalue weighted by atomic mass is 9.96. The van der Waals surface area contributed by atoms with Crippen molar-refractivity contribution in [1.82, 2.24) is 4.90 Å². The largest absolute Gasteiger partial charge is 0.389 e. The predicted molar refractivity (Wildman–Crippen MR) is 89.8 cm³/mol. The molecule has 2 rings (SSSR count). The lowest BCUT2D eigenvalue weighted by Crippen LogP contribution is -2.24. The van der Waals surface area contributed by atoms with Gasteiger partial charge in [-0.3, -0.25) is 4.90 Å². The minimum absolute atomic E-state index is 0.256. The predicted octanol–water partition coefficient (Wildman–Crippen LogP) is 3.86. The molecule has 2 nitrogen and oxygen atoms in total. The summed E-state index contributed by atoms with van der Waals surface area (Å²) in [5, 5.41) is 0. The minimum atomic E-state index is -0.256. The number of nitrogens with zero attached hydrogens (tertiary/aromatic N) is 1. The third-order valence-electron chi connectivity index (χ3n) is 4.29. The van der Waals surface area contributed by atoms with Crippen LogP contribution >= 0.6 is 12.2 Å². The normalized spacial score (nSPS) is 20.2. The van der Waals surface area contributed by atoms with E-state index in [0.29, 0.717) is 5.56 Å². The van der Waals surface area contributed by atoms with Gasteiger partial charge in [-0.25, -0.2) is 4.39 Å². The number of hydrogen-bond acceptors (Lipinski definition) is 2. The molecule has 2 N–H and O–H groups in total. The van der Waals surface area contributed by atoms with Gasteiger partial charge in [-0.1, -0.05) is 32.0 Å². The number of thiocarbonyl (C=S) groups is 1. The number of benzene rings is 1. The van der Waals surface area contributed by atoms with Crippen LogP contribution in [0.25, 0.3) is 0 Å². The van der Waals surface area contributed by atoms with Crippen LogP contribution in [0, 0.1) is 11.7 Å². The molecule has 0 bridgehead atoms. The number of likely N-dealkylation sites (tertiary alicyclic amines) is 1. The molecule has 1 atom stereocenters. The quantitative estimate of drug-likeness (QED) is 0.838. The fraction of sp³-hybridized carbons (Fsp3) is 0.588. The Balaban J connectivity index is 1.99. The average Bonchev–Trinajstić information content (AvgIpc) is 2.64. The van der Waals surface area contributed by atoms with Crippen molar-refractivity contribution in [3.05, 3.63) is 35.1 Å². The summed E-state index contributed by atoms with van der Waals surface area (Å²) in [7, 11) is 0. The first-order chi connectivity index (χ1) is 10.1. The number of rotatable bonds is 5. The zero-order valence-corrected chi connectivity index (χ0v) is 13.6. The monoisotopic (exact) mass is 308 g/mol. The van der Waals surface area contributed by atoms with Gasteiger partial charge in [0.2, 0.25) is 0 Å². The zero-order valence-electron chi connectivity index (χ0n) is 12.8. The first kappa shape index (κ1) is 16.4. The van der Waals surface area contributed by atoms with Crippen LogP contribution in [0.2, 0.25) is 0 Å². The van der Waals surface area contributed by atoms with E-state index in [-0.39, 0.29) is 10.8 Å². The van der Waals surface area contributed by atoms with Crippen molar-refractivity contribution in [3.8, 4) is 0 Å². The van der Waals surface area contributed by atoms with Gasteiger partial charge in [0, 0.05) is 12.1 Å². The molecular weight excluding hydrogens is 283 g/mol. The van der Waals surface area contributed by atoms with Crippen LogP contribution in [0.15, 0.2) is 18.2 Å². The second kappa shape index (κ2) is 7.85. The van der Waals surface area contributed by atoms with Crippen molar-refractivity contribution in [1.29, 1.82) is 0 Å². The lowest BCUT2D eigenvalue weighted by molar-refractivity contribution is 0.271. The Labute approximate surface area is 132 Å². The molecule has 1 aliphatic rings. The number of hydrogen-bond donors (Lipinski definition) is 1. The molecule has 1 aromatic carbocycles. The van der Waals surface area contributed by atoms with Gasteiger partial charge in [-0.05, 0) is 62.0 Å². The van der Waals surface area contributed by atoms with Crippen molar-refractivity contribution >= 4 is 17.2 Å². The maximum atomic E-state index is 13.7. The van der Waals surface area contributed by atoms with Crippen LogP contribution in [-0.2, 0) is 6.54 Å². The lowest BCUT2D eigenvalue weighted by Gasteiger charge is -2.20. The summed E-state index contributed by atoms with van der Waals surface area (Å²) in [6, 6.07) is 4.92. The summed E-state index contributed by atoms with van der Waals surface area (Å²) < 4.78 is 13.7. The second-order valence-electron chi connectivity index (χ2n) is 6.07. The number of halogens is 1. The summed E-state index contributed by atoms with van der Waals surface area (Å²) in [5.41, 5.74) is 7.20. The van der Waals surface area contributed by atoms with Gasteiger partial charge in [0.1, 0.15) is 10.8 Å². The maximum absolute atomic E-state index is 13.7. The maximum Gasteiger partial charge on any atom is 0.124 e. The van der Waals surface area contributed by atoms with E-state index < -0.39 is 0 Å². The van der Waals surface area contributed by atoms with Gasteiger partial charge in [0.15, 0.2) is 0 Å². The molecule has 1 aliphatic heterocycles. The highest BCUT2D eigenvalue weighted by molar-refractivity contribution is 7.80. The molecule has 0 saturated carbocycles. The molecule has 0 aliphatic carbocycles. The van der Waals surface area contributed by atoms with Crippen LogP contribution in [-0.4, -0.2) is 23.0 Å². The molecule has 1 saturated heterocycles. The van der Waals surface area contributed by atoms with E-state index in [1.165, 1.54) is 38.2 Å². The highest BCUT2D eigenvalue weighted by atomic mass is 32.1. The fourth-order valence-electron chi connectivity index (χ4n) is 3.22. The molecule has 0 spiro atoms. The Morgan fingerprint density at radius 1 is 1.33 bits per heavy atom. The van der Waals surface area contributed by atoms with Gasteiger partial charge in [-0.2, -0.15) is 0 Å². The van der Waals surface area contributed by atoms with E-state index in [4.69, 9.17) is 18.0 Å². The van der Waals surface area contributed by atoms with E-state index >= 15 is 0 Å². The Morgan fingerprint density at radius 3 is 2.86 bits per heavy atom. The Kier molecular flexibility index (Phi) is 6.12. The molecule has 0 amide bonds. The van der Waals surface area contributed by atoms with E-state index in [2.05, 4.69) is 11.8 Å². The topological polar surface area (TPSA) is 29.3 Å². The summed E-state index contributed by atoms with van der Waals surface area (Å²) in [6.07, 6.45) is 6.42. The number of nitrogens with two attached hydrogens (primary N) is 1. The Hall–Kier alpha value is -1.00. The minimum Gasteiger partial charge on any atom is -0.389 e. The van der Waals surface area contributed by atoms with Crippen molar-refractivity contribution < 1.29 is 4.39 Å². The van der Waals surface area contributed by atoms with Crippen molar-refractivity contribution in [2.45, 2.75) is 45.6 Å². The molecular formula is C17H25FN2S. The van der Waals surface area contributed by atoms with E-state index in [0.717, 1.165) is 31.1 Å². The van der Waals surface area contributed by atoms with Gasteiger partial charge < -0.3 is 5.73 Å². The molecule has 21 heavy (non-hydrogen) atoms. The second-order valence-corrected chi connectivity index (χ2v) is 6.51. The summed E-state index contributed by atoms with van der Waals surface area (Å²) >= 11 is 4.95. The average molecular weight is 308 g/mol. The third kappa shape index (κ3) is 5.04. The summed E-state index contributed by atoms with van der Waals surface area (Å²) in [4.78, 5) is 2.68.